The summed E-state index contributed by atoms with van der Waals surface area (Å²) < 4.78 is 0.850. The first-order valence-electron chi connectivity index (χ1n) is 6.63. The highest BCUT2D eigenvalue weighted by molar-refractivity contribution is 9.10. The lowest BCUT2D eigenvalue weighted by Gasteiger charge is -2.33. The molecule has 0 unspecified atom stereocenters. The molecule has 0 spiro atoms. The zero-order valence-electron chi connectivity index (χ0n) is 11.1. The third kappa shape index (κ3) is 3.21. The zero-order valence-corrected chi connectivity index (χ0v) is 12.7. The van der Waals surface area contributed by atoms with E-state index in [0.29, 0.717) is 11.6 Å². The van der Waals surface area contributed by atoms with Crippen molar-refractivity contribution in [2.24, 2.45) is 10.9 Å². The van der Waals surface area contributed by atoms with Crippen LogP contribution in [0.4, 0.5) is 5.69 Å². The molecule has 0 atom stereocenters. The predicted octanol–water partition coefficient (Wildman–Crippen LogP) is 3.31. The second-order valence-electron chi connectivity index (χ2n) is 5.05. The summed E-state index contributed by atoms with van der Waals surface area (Å²) in [6.45, 7) is 0. The van der Waals surface area contributed by atoms with Crippen molar-refractivity contribution in [1.29, 1.82) is 0 Å². The molecule has 0 aliphatic heterocycles. The quantitative estimate of drug-likeness (QED) is 0.388. The third-order valence-corrected chi connectivity index (χ3v) is 4.52. The van der Waals surface area contributed by atoms with E-state index in [0.717, 1.165) is 10.2 Å². The maximum absolute atomic E-state index is 8.73. The average molecular weight is 326 g/mol. The first kappa shape index (κ1) is 14.2. The third-order valence-electron chi connectivity index (χ3n) is 3.87. The Morgan fingerprint density at radius 2 is 2.05 bits per heavy atom. The molecule has 0 heterocycles. The van der Waals surface area contributed by atoms with Crippen molar-refractivity contribution in [2.75, 3.05) is 11.9 Å². The SMILES string of the molecule is CN(c1ccc(/C(N)=N/O)c(Br)c1)C1CCCCC1. The molecular formula is C14H20BrN3O. The van der Waals surface area contributed by atoms with E-state index in [4.69, 9.17) is 10.9 Å². The van der Waals surface area contributed by atoms with Crippen LogP contribution in [0.5, 0.6) is 0 Å². The Balaban J connectivity index is 2.19. The van der Waals surface area contributed by atoms with Crippen molar-refractivity contribution in [3.63, 3.8) is 0 Å². The number of rotatable bonds is 3. The smallest absolute Gasteiger partial charge is 0.171 e. The summed E-state index contributed by atoms with van der Waals surface area (Å²) >= 11 is 3.48. The van der Waals surface area contributed by atoms with Gasteiger partial charge >= 0.3 is 0 Å². The standard InChI is InChI=1S/C14H20BrN3O/c1-18(10-5-3-2-4-6-10)11-7-8-12(13(15)9-11)14(16)17-19/h7-10,19H,2-6H2,1H3,(H2,16,17). The van der Waals surface area contributed by atoms with E-state index in [1.54, 1.807) is 0 Å². The first-order chi connectivity index (χ1) is 9.13. The van der Waals surface area contributed by atoms with Gasteiger partial charge in [0.05, 0.1) is 0 Å². The molecule has 1 aromatic carbocycles. The van der Waals surface area contributed by atoms with Gasteiger partial charge in [0, 0.05) is 28.8 Å². The van der Waals surface area contributed by atoms with Crippen LogP contribution in [0, 0.1) is 0 Å². The largest absolute Gasteiger partial charge is 0.409 e. The minimum absolute atomic E-state index is 0.124. The Labute approximate surface area is 122 Å². The molecule has 3 N–H and O–H groups in total. The molecule has 2 rings (SSSR count). The van der Waals surface area contributed by atoms with Crippen molar-refractivity contribution in [3.8, 4) is 0 Å². The molecule has 0 radical (unpaired) electrons. The summed E-state index contributed by atoms with van der Waals surface area (Å²) in [6, 6.07) is 6.55. The zero-order chi connectivity index (χ0) is 13.8. The van der Waals surface area contributed by atoms with E-state index < -0.39 is 0 Å². The van der Waals surface area contributed by atoms with E-state index in [9.17, 15) is 0 Å². The van der Waals surface area contributed by atoms with Gasteiger partial charge < -0.3 is 15.8 Å². The lowest BCUT2D eigenvalue weighted by molar-refractivity contribution is 0.318. The Hall–Kier alpha value is -1.23. The predicted molar refractivity (Wildman–Crippen MR) is 81.9 cm³/mol. The molecule has 1 aliphatic carbocycles. The number of benzene rings is 1. The van der Waals surface area contributed by atoms with Crippen molar-refractivity contribution < 1.29 is 5.21 Å². The van der Waals surface area contributed by atoms with Crippen LogP contribution >= 0.6 is 15.9 Å². The van der Waals surface area contributed by atoms with Crippen LogP contribution < -0.4 is 10.6 Å². The first-order valence-corrected chi connectivity index (χ1v) is 7.43. The van der Waals surface area contributed by atoms with Crippen LogP contribution in [0.3, 0.4) is 0 Å². The number of hydrogen-bond acceptors (Lipinski definition) is 3. The monoisotopic (exact) mass is 325 g/mol. The van der Waals surface area contributed by atoms with Gasteiger partial charge in [-0.15, -0.1) is 0 Å². The molecule has 0 amide bonds. The number of anilines is 1. The molecule has 104 valence electrons. The highest BCUT2D eigenvalue weighted by Gasteiger charge is 2.19. The number of halogens is 1. The summed E-state index contributed by atoms with van der Waals surface area (Å²) in [6.07, 6.45) is 6.51. The second kappa shape index (κ2) is 6.28. The van der Waals surface area contributed by atoms with Crippen LogP contribution in [0.1, 0.15) is 37.7 Å². The van der Waals surface area contributed by atoms with Gasteiger partial charge in [-0.3, -0.25) is 0 Å². The van der Waals surface area contributed by atoms with Crippen LogP contribution in [-0.4, -0.2) is 24.1 Å². The highest BCUT2D eigenvalue weighted by atomic mass is 79.9. The van der Waals surface area contributed by atoms with E-state index in [1.165, 1.54) is 32.1 Å². The summed E-state index contributed by atoms with van der Waals surface area (Å²) in [7, 11) is 2.14. The fourth-order valence-corrected chi connectivity index (χ4v) is 3.23. The maximum atomic E-state index is 8.73. The molecule has 1 aliphatic rings. The van der Waals surface area contributed by atoms with E-state index in [-0.39, 0.29) is 5.84 Å². The lowest BCUT2D eigenvalue weighted by Crippen LogP contribution is -2.33. The molecule has 19 heavy (non-hydrogen) atoms. The molecule has 0 bridgehead atoms. The number of oxime groups is 1. The van der Waals surface area contributed by atoms with Crippen molar-refractivity contribution >= 4 is 27.5 Å². The van der Waals surface area contributed by atoms with Crippen molar-refractivity contribution in [2.45, 2.75) is 38.1 Å². The average Bonchev–Trinajstić information content (AvgIpc) is 2.46. The fraction of sp³-hybridized carbons (Fsp3) is 0.500. The Morgan fingerprint density at radius 1 is 1.37 bits per heavy atom. The van der Waals surface area contributed by atoms with Gasteiger partial charge in [0.25, 0.3) is 0 Å². The van der Waals surface area contributed by atoms with Gasteiger partial charge in [0.2, 0.25) is 0 Å². The Morgan fingerprint density at radius 3 is 2.63 bits per heavy atom. The number of amidine groups is 1. The minimum atomic E-state index is 0.124. The summed E-state index contributed by atoms with van der Waals surface area (Å²) in [4.78, 5) is 2.33. The van der Waals surface area contributed by atoms with Gasteiger partial charge in [-0.05, 0) is 47.0 Å². The van der Waals surface area contributed by atoms with Gasteiger partial charge in [0.15, 0.2) is 5.84 Å². The molecule has 0 saturated heterocycles. The number of nitrogens with two attached hydrogens (primary N) is 1. The number of nitrogens with zero attached hydrogens (tertiary/aromatic N) is 2. The fourth-order valence-electron chi connectivity index (χ4n) is 2.66. The van der Waals surface area contributed by atoms with E-state index in [1.807, 2.05) is 18.2 Å². The molecule has 5 heteroatoms. The molecule has 4 nitrogen and oxygen atoms in total. The van der Waals surface area contributed by atoms with Crippen LogP contribution in [0.2, 0.25) is 0 Å². The summed E-state index contributed by atoms with van der Waals surface area (Å²) in [5, 5.41) is 11.8. The molecule has 1 fully saturated rings. The maximum Gasteiger partial charge on any atom is 0.171 e. The molecular weight excluding hydrogens is 306 g/mol. The van der Waals surface area contributed by atoms with E-state index in [2.05, 4.69) is 33.0 Å². The Kier molecular flexibility index (Phi) is 4.69. The lowest BCUT2D eigenvalue weighted by atomic mass is 9.94. The van der Waals surface area contributed by atoms with Crippen LogP contribution in [0.15, 0.2) is 27.8 Å². The van der Waals surface area contributed by atoms with Gasteiger partial charge in [-0.25, -0.2) is 0 Å². The van der Waals surface area contributed by atoms with Crippen molar-refractivity contribution in [3.05, 3.63) is 28.2 Å². The van der Waals surface area contributed by atoms with Crippen molar-refractivity contribution in [1.82, 2.24) is 0 Å². The van der Waals surface area contributed by atoms with Gasteiger partial charge in [0.1, 0.15) is 0 Å². The van der Waals surface area contributed by atoms with Crippen LogP contribution in [0.25, 0.3) is 0 Å². The molecule has 0 aromatic heterocycles. The Bertz CT molecular complexity index is 470. The van der Waals surface area contributed by atoms with Gasteiger partial charge in [-0.2, -0.15) is 0 Å². The van der Waals surface area contributed by atoms with Crippen LogP contribution in [-0.2, 0) is 0 Å². The molecule has 1 saturated carbocycles. The normalized spacial score (nSPS) is 17.5. The highest BCUT2D eigenvalue weighted by Crippen LogP contribution is 2.29. The minimum Gasteiger partial charge on any atom is -0.409 e. The number of hydrogen-bond donors (Lipinski definition) is 2. The summed E-state index contributed by atoms with van der Waals surface area (Å²) in [5.74, 6) is 0.124. The molecule has 1 aromatic rings. The second-order valence-corrected chi connectivity index (χ2v) is 5.91. The van der Waals surface area contributed by atoms with Gasteiger partial charge in [-0.1, -0.05) is 24.4 Å². The topological polar surface area (TPSA) is 61.8 Å². The summed E-state index contributed by atoms with van der Waals surface area (Å²) in [5.41, 5.74) is 7.49. The van der Waals surface area contributed by atoms with E-state index >= 15 is 0 Å².